The van der Waals surface area contributed by atoms with Gasteiger partial charge in [-0.05, 0) is 81.6 Å². The van der Waals surface area contributed by atoms with Gasteiger partial charge in [0, 0.05) is 11.8 Å². The average molecular weight is 546 g/mol. The third-order valence-corrected chi connectivity index (χ3v) is 6.90. The molecule has 1 N–H and O–H groups in total. The standard InChI is InChI=1S/C32H35NO7/c1-7-38-22-14-15-23(26(18-22)39-8-2)30(34)28-29(21-13-16-25(37-6)27(17-21)40-9-3)33(32(36)31(28)35)24-12-10-11-19(4)20(24)5/h10-18,29,34H,7-9H2,1-6H3/b30-28+. The van der Waals surface area contributed by atoms with Gasteiger partial charge in [-0.15, -0.1) is 0 Å². The van der Waals surface area contributed by atoms with E-state index in [9.17, 15) is 14.7 Å². The van der Waals surface area contributed by atoms with Crippen LogP contribution in [0.1, 0.15) is 49.1 Å². The molecule has 0 bridgehead atoms. The summed E-state index contributed by atoms with van der Waals surface area (Å²) in [5.74, 6) is 0.00574. The topological polar surface area (TPSA) is 94.5 Å². The van der Waals surface area contributed by atoms with Crippen molar-refractivity contribution in [2.45, 2.75) is 40.7 Å². The average Bonchev–Trinajstić information content (AvgIpc) is 3.20. The van der Waals surface area contributed by atoms with Crippen molar-refractivity contribution in [2.24, 2.45) is 0 Å². The van der Waals surface area contributed by atoms with Gasteiger partial charge in [-0.2, -0.15) is 0 Å². The number of aliphatic hydroxyl groups is 1. The van der Waals surface area contributed by atoms with Crippen LogP contribution in [0.3, 0.4) is 0 Å². The predicted octanol–water partition coefficient (Wildman–Crippen LogP) is 6.13. The number of Topliss-reactive ketones (excluding diaryl/α,β-unsaturated/α-hetero) is 1. The Morgan fingerprint density at radius 2 is 1.55 bits per heavy atom. The minimum Gasteiger partial charge on any atom is -0.507 e. The van der Waals surface area contributed by atoms with E-state index >= 15 is 0 Å². The number of hydrogen-bond donors (Lipinski definition) is 1. The molecule has 1 saturated heterocycles. The smallest absolute Gasteiger partial charge is 0.300 e. The van der Waals surface area contributed by atoms with Gasteiger partial charge in [-0.1, -0.05) is 18.2 Å². The summed E-state index contributed by atoms with van der Waals surface area (Å²) in [6, 6.07) is 14.9. The first kappa shape index (κ1) is 28.5. The second kappa shape index (κ2) is 12.2. The highest BCUT2D eigenvalue weighted by Crippen LogP contribution is 2.46. The molecule has 8 heteroatoms. The second-order valence-electron chi connectivity index (χ2n) is 9.26. The Morgan fingerprint density at radius 1 is 0.850 bits per heavy atom. The predicted molar refractivity (Wildman–Crippen MR) is 154 cm³/mol. The van der Waals surface area contributed by atoms with E-state index in [1.54, 1.807) is 49.6 Å². The van der Waals surface area contributed by atoms with E-state index in [4.69, 9.17) is 18.9 Å². The maximum atomic E-state index is 13.7. The summed E-state index contributed by atoms with van der Waals surface area (Å²) in [6.07, 6.45) is 0. The lowest BCUT2D eigenvalue weighted by Gasteiger charge is -2.28. The largest absolute Gasteiger partial charge is 0.507 e. The van der Waals surface area contributed by atoms with Crippen molar-refractivity contribution in [3.63, 3.8) is 0 Å². The molecule has 3 aromatic rings. The van der Waals surface area contributed by atoms with Crippen LogP contribution in [0.25, 0.3) is 5.76 Å². The van der Waals surface area contributed by atoms with Crippen LogP contribution in [0.4, 0.5) is 5.69 Å². The van der Waals surface area contributed by atoms with Crippen molar-refractivity contribution in [3.05, 3.63) is 82.4 Å². The number of carbonyl (C=O) groups excluding carboxylic acids is 2. The van der Waals surface area contributed by atoms with Gasteiger partial charge in [0.05, 0.1) is 44.1 Å². The number of ether oxygens (including phenoxy) is 4. The molecule has 4 rings (SSSR count). The quantitative estimate of drug-likeness (QED) is 0.186. The highest BCUT2D eigenvalue weighted by atomic mass is 16.5. The summed E-state index contributed by atoms with van der Waals surface area (Å²) in [5, 5.41) is 11.7. The van der Waals surface area contributed by atoms with Crippen molar-refractivity contribution in [3.8, 4) is 23.0 Å². The molecule has 1 aliphatic heterocycles. The number of benzene rings is 3. The summed E-state index contributed by atoms with van der Waals surface area (Å²) in [4.78, 5) is 28.9. The fourth-order valence-corrected chi connectivity index (χ4v) is 4.90. The minimum atomic E-state index is -0.938. The summed E-state index contributed by atoms with van der Waals surface area (Å²) in [5.41, 5.74) is 3.21. The number of ketones is 1. The Bertz CT molecular complexity index is 1460. The molecule has 3 aromatic carbocycles. The molecule has 0 aliphatic carbocycles. The third-order valence-electron chi connectivity index (χ3n) is 6.90. The van der Waals surface area contributed by atoms with Crippen molar-refractivity contribution in [2.75, 3.05) is 31.8 Å². The van der Waals surface area contributed by atoms with E-state index in [-0.39, 0.29) is 16.9 Å². The van der Waals surface area contributed by atoms with E-state index in [2.05, 4.69) is 0 Å². The van der Waals surface area contributed by atoms with Crippen LogP contribution in [-0.2, 0) is 9.59 Å². The fraction of sp³-hybridized carbons (Fsp3) is 0.312. The van der Waals surface area contributed by atoms with Gasteiger partial charge >= 0.3 is 0 Å². The molecule has 1 unspecified atom stereocenters. The lowest BCUT2D eigenvalue weighted by atomic mass is 9.94. The molecule has 40 heavy (non-hydrogen) atoms. The molecule has 8 nitrogen and oxygen atoms in total. The zero-order chi connectivity index (χ0) is 29.0. The highest BCUT2D eigenvalue weighted by Gasteiger charge is 2.48. The number of aryl methyl sites for hydroxylation is 1. The molecule has 0 aromatic heterocycles. The molecule has 1 heterocycles. The molecule has 210 valence electrons. The Hall–Kier alpha value is -4.46. The van der Waals surface area contributed by atoms with Crippen LogP contribution in [0, 0.1) is 13.8 Å². The number of rotatable bonds is 10. The molecule has 1 atom stereocenters. The van der Waals surface area contributed by atoms with Crippen LogP contribution in [-0.4, -0.2) is 43.7 Å². The van der Waals surface area contributed by atoms with Gasteiger partial charge in [-0.3, -0.25) is 14.5 Å². The molecule has 0 spiro atoms. The zero-order valence-corrected chi connectivity index (χ0v) is 23.7. The van der Waals surface area contributed by atoms with Gasteiger partial charge in [-0.25, -0.2) is 0 Å². The Labute approximate surface area is 234 Å². The first-order chi connectivity index (χ1) is 19.3. The lowest BCUT2D eigenvalue weighted by Crippen LogP contribution is -2.30. The van der Waals surface area contributed by atoms with E-state index in [1.807, 2.05) is 46.8 Å². The maximum absolute atomic E-state index is 13.7. The zero-order valence-electron chi connectivity index (χ0n) is 23.7. The number of carbonyl (C=O) groups is 2. The van der Waals surface area contributed by atoms with Crippen LogP contribution < -0.4 is 23.8 Å². The van der Waals surface area contributed by atoms with Gasteiger partial charge in [0.1, 0.15) is 17.3 Å². The molecule has 1 aliphatic rings. The van der Waals surface area contributed by atoms with E-state index < -0.39 is 17.7 Å². The second-order valence-corrected chi connectivity index (χ2v) is 9.26. The maximum Gasteiger partial charge on any atom is 0.300 e. The van der Waals surface area contributed by atoms with Gasteiger partial charge in [0.15, 0.2) is 11.5 Å². The van der Waals surface area contributed by atoms with Crippen LogP contribution in [0.15, 0.2) is 60.2 Å². The van der Waals surface area contributed by atoms with Gasteiger partial charge in [0.25, 0.3) is 11.7 Å². The lowest BCUT2D eigenvalue weighted by molar-refractivity contribution is -0.132. The molecule has 1 fully saturated rings. The van der Waals surface area contributed by atoms with Gasteiger partial charge < -0.3 is 24.1 Å². The number of nitrogens with zero attached hydrogens (tertiary/aromatic N) is 1. The van der Waals surface area contributed by atoms with Crippen LogP contribution in [0.2, 0.25) is 0 Å². The monoisotopic (exact) mass is 545 g/mol. The molecular formula is C32H35NO7. The van der Waals surface area contributed by atoms with Crippen molar-refractivity contribution >= 4 is 23.1 Å². The SMILES string of the molecule is CCOc1ccc(/C(O)=C2\C(=O)C(=O)N(c3cccc(C)c3C)C2c2ccc(OC)c(OCC)c2)c(OCC)c1. The Balaban J connectivity index is 2.00. The molecule has 0 radical (unpaired) electrons. The molecular weight excluding hydrogens is 510 g/mol. The van der Waals surface area contributed by atoms with Crippen LogP contribution >= 0.6 is 0 Å². The van der Waals surface area contributed by atoms with Crippen molar-refractivity contribution in [1.82, 2.24) is 0 Å². The minimum absolute atomic E-state index is 0.0522. The molecule has 0 saturated carbocycles. The first-order valence-corrected chi connectivity index (χ1v) is 13.3. The van der Waals surface area contributed by atoms with Crippen molar-refractivity contribution < 1.29 is 33.6 Å². The van der Waals surface area contributed by atoms with E-state index in [1.165, 1.54) is 4.90 Å². The van der Waals surface area contributed by atoms with E-state index in [0.29, 0.717) is 54.1 Å². The summed E-state index contributed by atoms with van der Waals surface area (Å²) in [7, 11) is 1.54. The highest BCUT2D eigenvalue weighted by molar-refractivity contribution is 6.51. The number of hydrogen-bond acceptors (Lipinski definition) is 7. The number of anilines is 1. The first-order valence-electron chi connectivity index (χ1n) is 13.3. The van der Waals surface area contributed by atoms with Crippen LogP contribution in [0.5, 0.6) is 23.0 Å². The Morgan fingerprint density at radius 3 is 2.23 bits per heavy atom. The third kappa shape index (κ3) is 5.21. The summed E-state index contributed by atoms with van der Waals surface area (Å²) < 4.78 is 22.7. The summed E-state index contributed by atoms with van der Waals surface area (Å²) >= 11 is 0. The molecule has 1 amide bonds. The van der Waals surface area contributed by atoms with Crippen molar-refractivity contribution in [1.29, 1.82) is 0 Å². The van der Waals surface area contributed by atoms with Gasteiger partial charge in [0.2, 0.25) is 0 Å². The number of amides is 1. The summed E-state index contributed by atoms with van der Waals surface area (Å²) in [6.45, 7) is 10.6. The normalized spacial score (nSPS) is 16.2. The fourth-order valence-electron chi connectivity index (χ4n) is 4.90. The number of aliphatic hydroxyl groups excluding tert-OH is 1. The van der Waals surface area contributed by atoms with E-state index in [0.717, 1.165) is 11.1 Å². The Kier molecular flexibility index (Phi) is 8.67. The number of methoxy groups -OCH3 is 1.